The molecule has 1 fully saturated rings. The molecule has 1 aliphatic rings. The lowest BCUT2D eigenvalue weighted by atomic mass is 9.85. The quantitative estimate of drug-likeness (QED) is 0.831. The van der Waals surface area contributed by atoms with Crippen molar-refractivity contribution in [3.05, 3.63) is 35.9 Å². The van der Waals surface area contributed by atoms with Crippen molar-refractivity contribution in [3.8, 4) is 0 Å². The lowest BCUT2D eigenvalue weighted by molar-refractivity contribution is 0.0971. The monoisotopic (exact) mass is 249 g/mol. The SMILES string of the molecule is C[C@@H]1CC[C@@H](NCC(=O)c2ccccc2)C[C@@H]1F. The Bertz CT molecular complexity index is 393. The zero-order valence-corrected chi connectivity index (χ0v) is 10.7. The number of hydrogen-bond donors (Lipinski definition) is 1. The third kappa shape index (κ3) is 3.39. The number of carbonyl (C=O) groups is 1. The van der Waals surface area contributed by atoms with Crippen LogP contribution in [0.25, 0.3) is 0 Å². The summed E-state index contributed by atoms with van der Waals surface area (Å²) < 4.78 is 13.5. The normalized spacial score (nSPS) is 28.0. The number of nitrogens with one attached hydrogen (secondary N) is 1. The summed E-state index contributed by atoms with van der Waals surface area (Å²) in [7, 11) is 0. The Morgan fingerprint density at radius 3 is 2.72 bits per heavy atom. The van der Waals surface area contributed by atoms with Gasteiger partial charge in [-0.15, -0.1) is 0 Å². The molecule has 0 aliphatic heterocycles. The highest BCUT2D eigenvalue weighted by Gasteiger charge is 2.27. The summed E-state index contributed by atoms with van der Waals surface area (Å²) in [4.78, 5) is 11.9. The second kappa shape index (κ2) is 6.10. The maximum atomic E-state index is 13.5. The first-order valence-electron chi connectivity index (χ1n) is 6.62. The van der Waals surface area contributed by atoms with Crippen molar-refractivity contribution >= 4 is 5.78 Å². The Morgan fingerprint density at radius 2 is 2.06 bits per heavy atom. The van der Waals surface area contributed by atoms with Crippen molar-refractivity contribution in [2.24, 2.45) is 5.92 Å². The van der Waals surface area contributed by atoms with Gasteiger partial charge in [0.1, 0.15) is 6.17 Å². The smallest absolute Gasteiger partial charge is 0.176 e. The van der Waals surface area contributed by atoms with Gasteiger partial charge in [0.2, 0.25) is 0 Å². The van der Waals surface area contributed by atoms with E-state index in [-0.39, 0.29) is 17.7 Å². The van der Waals surface area contributed by atoms with Gasteiger partial charge in [-0.1, -0.05) is 37.3 Å². The summed E-state index contributed by atoms with van der Waals surface area (Å²) in [6.45, 7) is 2.26. The van der Waals surface area contributed by atoms with E-state index >= 15 is 0 Å². The molecular formula is C15H20FNO. The summed E-state index contributed by atoms with van der Waals surface area (Å²) in [5.74, 6) is 0.234. The molecule has 1 aliphatic carbocycles. The Hall–Kier alpha value is -1.22. The van der Waals surface area contributed by atoms with Crippen LogP contribution in [-0.4, -0.2) is 24.5 Å². The van der Waals surface area contributed by atoms with E-state index in [1.54, 1.807) is 0 Å². The van der Waals surface area contributed by atoms with Crippen LogP contribution in [0, 0.1) is 5.92 Å². The zero-order valence-electron chi connectivity index (χ0n) is 10.7. The van der Waals surface area contributed by atoms with E-state index < -0.39 is 6.17 Å². The largest absolute Gasteiger partial charge is 0.307 e. The van der Waals surface area contributed by atoms with Crippen LogP contribution < -0.4 is 5.32 Å². The van der Waals surface area contributed by atoms with E-state index in [0.717, 1.165) is 12.8 Å². The summed E-state index contributed by atoms with van der Waals surface area (Å²) in [6.07, 6.45) is 1.66. The van der Waals surface area contributed by atoms with E-state index in [2.05, 4.69) is 5.32 Å². The number of ketones is 1. The zero-order chi connectivity index (χ0) is 13.0. The molecule has 3 heteroatoms. The van der Waals surface area contributed by atoms with Gasteiger partial charge in [-0.25, -0.2) is 4.39 Å². The van der Waals surface area contributed by atoms with Gasteiger partial charge in [0.05, 0.1) is 6.54 Å². The molecule has 0 bridgehead atoms. The van der Waals surface area contributed by atoms with Crippen molar-refractivity contribution in [2.75, 3.05) is 6.54 Å². The van der Waals surface area contributed by atoms with Gasteiger partial charge in [-0.05, 0) is 25.2 Å². The molecular weight excluding hydrogens is 229 g/mol. The third-order valence-corrected chi connectivity index (χ3v) is 3.74. The number of rotatable bonds is 4. The molecule has 98 valence electrons. The maximum Gasteiger partial charge on any atom is 0.176 e. The van der Waals surface area contributed by atoms with Crippen molar-refractivity contribution in [2.45, 2.75) is 38.4 Å². The van der Waals surface area contributed by atoms with E-state index in [1.165, 1.54) is 0 Å². The summed E-state index contributed by atoms with van der Waals surface area (Å²) >= 11 is 0. The highest BCUT2D eigenvalue weighted by Crippen LogP contribution is 2.26. The maximum absolute atomic E-state index is 13.5. The van der Waals surface area contributed by atoms with E-state index in [9.17, 15) is 9.18 Å². The van der Waals surface area contributed by atoms with Gasteiger partial charge in [-0.2, -0.15) is 0 Å². The van der Waals surface area contributed by atoms with Gasteiger partial charge in [-0.3, -0.25) is 4.79 Å². The lowest BCUT2D eigenvalue weighted by Gasteiger charge is -2.30. The van der Waals surface area contributed by atoms with E-state index in [1.807, 2.05) is 37.3 Å². The van der Waals surface area contributed by atoms with Crippen LogP contribution in [0.5, 0.6) is 0 Å². The molecule has 3 atom stereocenters. The average molecular weight is 249 g/mol. The van der Waals surface area contributed by atoms with E-state index in [4.69, 9.17) is 0 Å². The summed E-state index contributed by atoms with van der Waals surface area (Å²) in [5, 5.41) is 3.18. The van der Waals surface area contributed by atoms with Gasteiger partial charge in [0.15, 0.2) is 5.78 Å². The van der Waals surface area contributed by atoms with Gasteiger partial charge >= 0.3 is 0 Å². The Kier molecular flexibility index (Phi) is 4.48. The van der Waals surface area contributed by atoms with Gasteiger partial charge < -0.3 is 5.32 Å². The minimum atomic E-state index is -0.733. The standard InChI is InChI=1S/C15H20FNO/c1-11-7-8-13(9-14(11)16)17-10-15(18)12-5-3-2-4-6-12/h2-6,11,13-14,17H,7-10H2,1H3/t11-,13-,14+/m1/s1. The number of Topliss-reactive ketones (excluding diaryl/α,β-unsaturated/α-hetero) is 1. The third-order valence-electron chi connectivity index (χ3n) is 3.74. The van der Waals surface area contributed by atoms with Crippen molar-refractivity contribution in [1.82, 2.24) is 5.32 Å². The van der Waals surface area contributed by atoms with Crippen molar-refractivity contribution in [3.63, 3.8) is 0 Å². The molecule has 0 amide bonds. The summed E-state index contributed by atoms with van der Waals surface area (Å²) in [6, 6.07) is 9.36. The predicted molar refractivity (Wildman–Crippen MR) is 70.5 cm³/mol. The number of hydrogen-bond acceptors (Lipinski definition) is 2. The Morgan fingerprint density at radius 1 is 1.33 bits per heavy atom. The summed E-state index contributed by atoms with van der Waals surface area (Å²) in [5.41, 5.74) is 0.714. The minimum Gasteiger partial charge on any atom is -0.307 e. The number of halogens is 1. The molecule has 1 N–H and O–H groups in total. The van der Waals surface area contributed by atoms with Crippen LogP contribution in [0.1, 0.15) is 36.5 Å². The highest BCUT2D eigenvalue weighted by atomic mass is 19.1. The van der Waals surface area contributed by atoms with Crippen LogP contribution in [-0.2, 0) is 0 Å². The first kappa shape index (κ1) is 13.2. The van der Waals surface area contributed by atoms with Gasteiger partial charge in [0, 0.05) is 11.6 Å². The number of benzene rings is 1. The molecule has 1 saturated carbocycles. The predicted octanol–water partition coefficient (Wildman–Crippen LogP) is 2.99. The van der Waals surface area contributed by atoms with E-state index in [0.29, 0.717) is 18.5 Å². The fraction of sp³-hybridized carbons (Fsp3) is 0.533. The average Bonchev–Trinajstić information content (AvgIpc) is 2.41. The first-order chi connectivity index (χ1) is 8.66. The molecule has 0 radical (unpaired) electrons. The van der Waals surface area contributed by atoms with Crippen molar-refractivity contribution < 1.29 is 9.18 Å². The number of alkyl halides is 1. The molecule has 1 aromatic carbocycles. The van der Waals surface area contributed by atoms with Crippen LogP contribution in [0.3, 0.4) is 0 Å². The topological polar surface area (TPSA) is 29.1 Å². The molecule has 2 rings (SSSR count). The fourth-order valence-corrected chi connectivity index (χ4v) is 2.42. The molecule has 18 heavy (non-hydrogen) atoms. The second-order valence-electron chi connectivity index (χ2n) is 5.17. The molecule has 0 spiro atoms. The molecule has 2 nitrogen and oxygen atoms in total. The highest BCUT2D eigenvalue weighted by molar-refractivity contribution is 5.97. The number of carbonyl (C=O) groups excluding carboxylic acids is 1. The van der Waals surface area contributed by atoms with Gasteiger partial charge in [0.25, 0.3) is 0 Å². The van der Waals surface area contributed by atoms with Crippen LogP contribution >= 0.6 is 0 Å². The van der Waals surface area contributed by atoms with Crippen LogP contribution in [0.4, 0.5) is 4.39 Å². The minimum absolute atomic E-state index is 0.0737. The van der Waals surface area contributed by atoms with Crippen molar-refractivity contribution in [1.29, 1.82) is 0 Å². The van der Waals surface area contributed by atoms with Crippen LogP contribution in [0.15, 0.2) is 30.3 Å². The molecule has 1 aromatic rings. The molecule has 0 saturated heterocycles. The Labute approximate surface area is 108 Å². The van der Waals surface area contributed by atoms with Crippen LogP contribution in [0.2, 0.25) is 0 Å². The molecule has 0 aromatic heterocycles. The molecule has 0 heterocycles. The first-order valence-corrected chi connectivity index (χ1v) is 6.62. The molecule has 0 unspecified atom stereocenters. The fourth-order valence-electron chi connectivity index (χ4n) is 2.42. The lowest BCUT2D eigenvalue weighted by Crippen LogP contribution is -2.40. The second-order valence-corrected chi connectivity index (χ2v) is 5.17. The Balaban J connectivity index is 1.80.